The van der Waals surface area contributed by atoms with Gasteiger partial charge in [0, 0.05) is 62.4 Å². The minimum absolute atomic E-state index is 0.0563. The van der Waals surface area contributed by atoms with Crippen LogP contribution in [0.5, 0.6) is 0 Å². The number of non-ortho nitro benzene ring substituents is 1. The number of nitrogens with zero attached hydrogens (tertiary/aromatic N) is 4. The van der Waals surface area contributed by atoms with Gasteiger partial charge in [0.05, 0.1) is 16.1 Å². The van der Waals surface area contributed by atoms with E-state index in [0.717, 1.165) is 11.3 Å². The molecule has 0 atom stereocenters. The van der Waals surface area contributed by atoms with Crippen LogP contribution in [0.3, 0.4) is 0 Å². The molecule has 9 heteroatoms. The van der Waals surface area contributed by atoms with Crippen molar-refractivity contribution in [1.82, 2.24) is 9.88 Å². The zero-order valence-corrected chi connectivity index (χ0v) is 17.5. The molecule has 1 aliphatic heterocycles. The number of amides is 1. The van der Waals surface area contributed by atoms with Gasteiger partial charge in [-0.3, -0.25) is 14.9 Å². The SMILES string of the molecule is O=C(CCc1ncc(-c2ccccc2Cl)o1)N1CCN(c2ccc([N+](=O)[O-])cc2)CC1. The molecule has 3 aromatic rings. The number of halogens is 1. The number of aryl methyl sites for hydroxylation is 1. The molecule has 1 aromatic heterocycles. The molecule has 2 heterocycles. The van der Waals surface area contributed by atoms with Crippen LogP contribution in [0.2, 0.25) is 5.02 Å². The summed E-state index contributed by atoms with van der Waals surface area (Å²) < 4.78 is 5.77. The van der Waals surface area contributed by atoms with Crippen LogP contribution in [0.4, 0.5) is 11.4 Å². The Morgan fingerprint density at radius 3 is 2.48 bits per heavy atom. The van der Waals surface area contributed by atoms with Crippen molar-refractivity contribution in [2.24, 2.45) is 0 Å². The molecule has 0 radical (unpaired) electrons. The van der Waals surface area contributed by atoms with E-state index in [4.69, 9.17) is 16.0 Å². The Kier molecular flexibility index (Phi) is 6.18. The van der Waals surface area contributed by atoms with E-state index in [1.165, 1.54) is 12.1 Å². The normalized spacial score (nSPS) is 14.0. The standard InChI is InChI=1S/C22H21ClN4O4/c23-19-4-2-1-3-18(19)20-15-24-21(31-20)9-10-22(28)26-13-11-25(12-14-26)16-5-7-17(8-6-16)27(29)30/h1-8,15H,9-14H2. The van der Waals surface area contributed by atoms with E-state index in [0.29, 0.717) is 55.7 Å². The second kappa shape index (κ2) is 9.18. The average molecular weight is 441 g/mol. The summed E-state index contributed by atoms with van der Waals surface area (Å²) in [5.74, 6) is 1.15. The summed E-state index contributed by atoms with van der Waals surface area (Å²) in [5, 5.41) is 11.4. The number of rotatable bonds is 6. The van der Waals surface area contributed by atoms with Crippen molar-refractivity contribution in [1.29, 1.82) is 0 Å². The van der Waals surface area contributed by atoms with Gasteiger partial charge in [0.2, 0.25) is 5.91 Å². The van der Waals surface area contributed by atoms with Crippen LogP contribution in [-0.4, -0.2) is 46.9 Å². The third kappa shape index (κ3) is 4.86. The molecule has 1 aliphatic rings. The summed E-state index contributed by atoms with van der Waals surface area (Å²) in [6.45, 7) is 2.57. The molecule has 2 aromatic carbocycles. The van der Waals surface area contributed by atoms with Gasteiger partial charge >= 0.3 is 0 Å². The first-order valence-corrected chi connectivity index (χ1v) is 10.4. The third-order valence-electron chi connectivity index (χ3n) is 5.30. The predicted octanol–water partition coefficient (Wildman–Crippen LogP) is 4.18. The quantitative estimate of drug-likeness (QED) is 0.421. The number of anilines is 1. The van der Waals surface area contributed by atoms with Crippen LogP contribution in [0.15, 0.2) is 59.1 Å². The first-order chi connectivity index (χ1) is 15.0. The highest BCUT2D eigenvalue weighted by molar-refractivity contribution is 6.33. The van der Waals surface area contributed by atoms with Gasteiger partial charge in [-0.05, 0) is 24.3 Å². The van der Waals surface area contributed by atoms with Gasteiger partial charge in [-0.25, -0.2) is 4.98 Å². The van der Waals surface area contributed by atoms with E-state index in [9.17, 15) is 14.9 Å². The summed E-state index contributed by atoms with van der Waals surface area (Å²) in [6, 6.07) is 13.9. The lowest BCUT2D eigenvalue weighted by Crippen LogP contribution is -2.48. The van der Waals surface area contributed by atoms with Crippen molar-refractivity contribution in [3.63, 3.8) is 0 Å². The van der Waals surface area contributed by atoms with Gasteiger partial charge < -0.3 is 14.2 Å². The van der Waals surface area contributed by atoms with E-state index in [-0.39, 0.29) is 11.6 Å². The van der Waals surface area contributed by atoms with Crippen molar-refractivity contribution in [2.75, 3.05) is 31.1 Å². The number of nitro benzene ring substituents is 1. The lowest BCUT2D eigenvalue weighted by molar-refractivity contribution is -0.384. The molecule has 1 amide bonds. The van der Waals surface area contributed by atoms with Crippen LogP contribution >= 0.6 is 11.6 Å². The second-order valence-corrected chi connectivity index (χ2v) is 7.65. The number of aromatic nitrogens is 1. The molecule has 1 saturated heterocycles. The number of oxazole rings is 1. The fourth-order valence-electron chi connectivity index (χ4n) is 3.58. The van der Waals surface area contributed by atoms with E-state index in [1.54, 1.807) is 24.4 Å². The molecule has 160 valence electrons. The highest BCUT2D eigenvalue weighted by Crippen LogP contribution is 2.28. The van der Waals surface area contributed by atoms with Crippen LogP contribution in [0, 0.1) is 10.1 Å². The molecular weight excluding hydrogens is 420 g/mol. The molecule has 31 heavy (non-hydrogen) atoms. The summed E-state index contributed by atoms with van der Waals surface area (Å²) >= 11 is 6.19. The van der Waals surface area contributed by atoms with Crippen LogP contribution in [0.25, 0.3) is 11.3 Å². The lowest BCUT2D eigenvalue weighted by Gasteiger charge is -2.36. The van der Waals surface area contributed by atoms with Crippen LogP contribution < -0.4 is 4.90 Å². The topological polar surface area (TPSA) is 92.7 Å². The summed E-state index contributed by atoms with van der Waals surface area (Å²) in [7, 11) is 0. The molecule has 4 rings (SSSR count). The zero-order valence-electron chi connectivity index (χ0n) is 16.7. The van der Waals surface area contributed by atoms with E-state index < -0.39 is 4.92 Å². The van der Waals surface area contributed by atoms with E-state index in [1.807, 2.05) is 23.1 Å². The van der Waals surface area contributed by atoms with Crippen LogP contribution in [0.1, 0.15) is 12.3 Å². The number of nitro groups is 1. The van der Waals surface area contributed by atoms with E-state index >= 15 is 0 Å². The molecular formula is C22H21ClN4O4. The molecule has 0 N–H and O–H groups in total. The monoisotopic (exact) mass is 440 g/mol. The molecule has 0 spiro atoms. The minimum atomic E-state index is -0.411. The predicted molar refractivity (Wildman–Crippen MR) is 117 cm³/mol. The molecule has 0 aliphatic carbocycles. The Hall–Kier alpha value is -3.39. The molecule has 0 bridgehead atoms. The van der Waals surface area contributed by atoms with Gasteiger partial charge in [-0.2, -0.15) is 0 Å². The summed E-state index contributed by atoms with van der Waals surface area (Å²) in [6.07, 6.45) is 2.37. The highest BCUT2D eigenvalue weighted by Gasteiger charge is 2.22. The Bertz CT molecular complexity index is 1080. The van der Waals surface area contributed by atoms with E-state index in [2.05, 4.69) is 9.88 Å². The van der Waals surface area contributed by atoms with Crippen molar-refractivity contribution in [3.8, 4) is 11.3 Å². The fraction of sp³-hybridized carbons (Fsp3) is 0.273. The number of hydrogen-bond acceptors (Lipinski definition) is 6. The largest absolute Gasteiger partial charge is 0.441 e. The highest BCUT2D eigenvalue weighted by atomic mass is 35.5. The zero-order chi connectivity index (χ0) is 21.8. The first-order valence-electron chi connectivity index (χ1n) is 9.98. The molecule has 1 fully saturated rings. The lowest BCUT2D eigenvalue weighted by atomic mass is 10.2. The molecule has 0 unspecified atom stereocenters. The second-order valence-electron chi connectivity index (χ2n) is 7.24. The minimum Gasteiger partial charge on any atom is -0.441 e. The number of hydrogen-bond donors (Lipinski definition) is 0. The van der Waals surface area contributed by atoms with Gasteiger partial charge in [0.25, 0.3) is 5.69 Å². The van der Waals surface area contributed by atoms with Crippen molar-refractivity contribution < 1.29 is 14.1 Å². The number of benzene rings is 2. The van der Waals surface area contributed by atoms with Gasteiger partial charge in [0.15, 0.2) is 11.7 Å². The van der Waals surface area contributed by atoms with Gasteiger partial charge in [0.1, 0.15) is 0 Å². The van der Waals surface area contributed by atoms with Crippen molar-refractivity contribution >= 4 is 28.9 Å². The van der Waals surface area contributed by atoms with Gasteiger partial charge in [-0.15, -0.1) is 0 Å². The maximum absolute atomic E-state index is 12.6. The third-order valence-corrected chi connectivity index (χ3v) is 5.63. The Labute approximate surface area is 184 Å². The number of carbonyl (C=O) groups is 1. The fourth-order valence-corrected chi connectivity index (χ4v) is 3.81. The first kappa shape index (κ1) is 20.9. The average Bonchev–Trinajstić information content (AvgIpc) is 3.27. The smallest absolute Gasteiger partial charge is 0.269 e. The Balaban J connectivity index is 1.28. The maximum Gasteiger partial charge on any atom is 0.269 e. The Morgan fingerprint density at radius 2 is 1.81 bits per heavy atom. The Morgan fingerprint density at radius 1 is 1.10 bits per heavy atom. The number of carbonyl (C=O) groups excluding carboxylic acids is 1. The summed E-state index contributed by atoms with van der Waals surface area (Å²) in [5.41, 5.74) is 1.77. The van der Waals surface area contributed by atoms with Gasteiger partial charge in [-0.1, -0.05) is 23.7 Å². The van der Waals surface area contributed by atoms with Crippen molar-refractivity contribution in [3.05, 3.63) is 75.8 Å². The summed E-state index contributed by atoms with van der Waals surface area (Å²) in [4.78, 5) is 31.2. The van der Waals surface area contributed by atoms with Crippen LogP contribution in [-0.2, 0) is 11.2 Å². The number of piperazine rings is 1. The van der Waals surface area contributed by atoms with Crippen molar-refractivity contribution in [2.45, 2.75) is 12.8 Å². The maximum atomic E-state index is 12.6. The molecule has 8 nitrogen and oxygen atoms in total. The molecule has 0 saturated carbocycles.